The van der Waals surface area contributed by atoms with Crippen molar-refractivity contribution in [2.24, 2.45) is 0 Å². The number of nitrogens with zero attached hydrogens (tertiary/aromatic N) is 1. The monoisotopic (exact) mass is 301 g/mol. The molecule has 1 aromatic carbocycles. The molecule has 1 rings (SSSR count). The lowest BCUT2D eigenvalue weighted by Gasteiger charge is -2.02. The molecule has 0 spiro atoms. The molecule has 0 fully saturated rings. The van der Waals surface area contributed by atoms with Crippen LogP contribution in [-0.4, -0.2) is 32.1 Å². The molecule has 116 valence electrons. The zero-order valence-electron chi connectivity index (χ0n) is 12.6. The molecule has 0 aliphatic heterocycles. The van der Waals surface area contributed by atoms with E-state index in [1.807, 2.05) is 24.3 Å². The second-order valence-corrected chi connectivity index (χ2v) is 4.59. The number of hydrogen-bond acceptors (Lipinski definition) is 3. The second-order valence-electron chi connectivity index (χ2n) is 4.59. The van der Waals surface area contributed by atoms with Gasteiger partial charge in [0.05, 0.1) is 0 Å². The highest BCUT2D eigenvalue weighted by Crippen LogP contribution is 2.07. The van der Waals surface area contributed by atoms with Crippen molar-refractivity contribution in [2.45, 2.75) is 19.3 Å². The van der Waals surface area contributed by atoms with E-state index in [4.69, 9.17) is 4.74 Å². The van der Waals surface area contributed by atoms with E-state index in [-0.39, 0.29) is 12.6 Å². The molecule has 0 aromatic heterocycles. The maximum Gasteiger partial charge on any atom is 0.311 e. The van der Waals surface area contributed by atoms with Gasteiger partial charge in [-0.05, 0) is 24.1 Å². The van der Waals surface area contributed by atoms with Gasteiger partial charge in [0.25, 0.3) is 6.54 Å². The number of aryl methyl sites for hydroxylation is 1. The van der Waals surface area contributed by atoms with Crippen molar-refractivity contribution in [3.8, 4) is 6.07 Å². The molecule has 1 N–H and O–H groups in total. The Kier molecular flexibility index (Phi) is 8.79. The average molecular weight is 301 g/mol. The van der Waals surface area contributed by atoms with Crippen molar-refractivity contribution >= 4 is 12.4 Å². The Labute approximate surface area is 130 Å². The average Bonchev–Trinajstić information content (AvgIpc) is 2.55. The van der Waals surface area contributed by atoms with Crippen LogP contribution in [0.3, 0.4) is 0 Å². The van der Waals surface area contributed by atoms with E-state index in [0.717, 1.165) is 17.5 Å². The molecule has 0 heterocycles. The zero-order valence-corrected chi connectivity index (χ0v) is 12.6. The number of esters is 1. The molecule has 1 amide bonds. The molecule has 1 aromatic rings. The number of ether oxygens (including phenoxy) is 1. The second kappa shape index (κ2) is 11.1. The minimum atomic E-state index is -0.221. The number of benzene rings is 1. The normalized spacial score (nSPS) is 9.27. The van der Waals surface area contributed by atoms with Crippen LogP contribution in [0.15, 0.2) is 36.9 Å². The lowest BCUT2D eigenvalue weighted by Crippen LogP contribution is -2.12. The van der Waals surface area contributed by atoms with Gasteiger partial charge >= 0.3 is 12.0 Å². The largest absolute Gasteiger partial charge is 0.461 e. The van der Waals surface area contributed by atoms with Gasteiger partial charge < -0.3 is 10.1 Å². The van der Waals surface area contributed by atoms with Gasteiger partial charge in [0.15, 0.2) is 0 Å². The van der Waals surface area contributed by atoms with Gasteiger partial charge in [-0.15, -0.1) is 0 Å². The highest BCUT2D eigenvalue weighted by molar-refractivity contribution is 5.69. The van der Waals surface area contributed by atoms with Crippen LogP contribution in [0.1, 0.15) is 24.0 Å². The summed E-state index contributed by atoms with van der Waals surface area (Å²) in [4.78, 5) is 25.6. The summed E-state index contributed by atoms with van der Waals surface area (Å²) in [7, 11) is 0. The van der Waals surface area contributed by atoms with Gasteiger partial charge in [0.2, 0.25) is 6.41 Å². The van der Waals surface area contributed by atoms with E-state index >= 15 is 0 Å². The summed E-state index contributed by atoms with van der Waals surface area (Å²) in [6.45, 7) is 4.99. The first-order valence-corrected chi connectivity index (χ1v) is 7.21. The van der Waals surface area contributed by atoms with Crippen LogP contribution in [0, 0.1) is 6.07 Å². The molecule has 0 radical (unpaired) electrons. The van der Waals surface area contributed by atoms with Gasteiger partial charge in [-0.25, -0.2) is 0 Å². The van der Waals surface area contributed by atoms with Crippen LogP contribution >= 0.6 is 0 Å². The van der Waals surface area contributed by atoms with E-state index in [0.29, 0.717) is 32.3 Å². The fourth-order valence-electron chi connectivity index (χ4n) is 1.68. The number of carbonyl (C=O) groups is 2. The molecule has 0 saturated carbocycles. The lowest BCUT2D eigenvalue weighted by molar-refractivity contribution is -0.142. The lowest BCUT2D eigenvalue weighted by atomic mass is 10.1. The molecule has 22 heavy (non-hydrogen) atoms. The Bertz CT molecular complexity index is 541. The summed E-state index contributed by atoms with van der Waals surface area (Å²) >= 11 is 0. The Hall–Kier alpha value is -2.61. The Morgan fingerprint density at radius 1 is 1.36 bits per heavy atom. The third-order valence-electron chi connectivity index (χ3n) is 2.82. The van der Waals surface area contributed by atoms with Gasteiger partial charge in [-0.2, -0.15) is 0 Å². The van der Waals surface area contributed by atoms with E-state index in [1.54, 1.807) is 6.08 Å². The first-order chi connectivity index (χ1) is 10.8. The molecular formula is C17H21N2O3+. The molecule has 0 atom stereocenters. The molecule has 0 aliphatic carbocycles. The van der Waals surface area contributed by atoms with Crippen LogP contribution in [0.5, 0.6) is 0 Å². The summed E-state index contributed by atoms with van der Waals surface area (Å²) in [6, 6.07) is 10.7. The molecule has 5 heteroatoms. The van der Waals surface area contributed by atoms with E-state index < -0.39 is 0 Å². The molecule has 0 unspecified atom stereocenters. The summed E-state index contributed by atoms with van der Waals surface area (Å²) in [5.74, 6) is -0.221. The van der Waals surface area contributed by atoms with E-state index in [9.17, 15) is 9.59 Å². The minimum Gasteiger partial charge on any atom is -0.461 e. The fraction of sp³-hybridized carbons (Fsp3) is 0.353. The van der Waals surface area contributed by atoms with Gasteiger partial charge in [-0.1, -0.05) is 29.6 Å². The number of hydrogen-bond donors (Lipinski definition) is 1. The molecular weight excluding hydrogens is 280 g/mol. The number of nitrogens with one attached hydrogen (secondary N) is 1. The zero-order chi connectivity index (χ0) is 16.0. The van der Waals surface area contributed by atoms with Crippen molar-refractivity contribution in [2.75, 3.05) is 19.7 Å². The highest BCUT2D eigenvalue weighted by Gasteiger charge is 2.03. The Morgan fingerprint density at radius 2 is 2.14 bits per heavy atom. The van der Waals surface area contributed by atoms with Crippen LogP contribution in [0.2, 0.25) is 0 Å². The fourth-order valence-corrected chi connectivity index (χ4v) is 1.68. The molecule has 0 aliphatic rings. The maximum absolute atomic E-state index is 11.4. The molecule has 0 saturated heterocycles. The summed E-state index contributed by atoms with van der Waals surface area (Å²) < 4.78 is 4.92. The summed E-state index contributed by atoms with van der Waals surface area (Å²) in [5.41, 5.74) is 1.96. The van der Waals surface area contributed by atoms with Crippen LogP contribution < -0.4 is 5.32 Å². The first-order valence-electron chi connectivity index (χ1n) is 7.21. The maximum atomic E-state index is 11.4. The van der Waals surface area contributed by atoms with Crippen LogP contribution in [0.4, 0.5) is 0 Å². The third-order valence-corrected chi connectivity index (χ3v) is 2.82. The SMILES string of the molecule is C=CCOC(=O)CCc1ccc(C#[N+]CCCNC=O)cc1. The van der Waals surface area contributed by atoms with Crippen molar-refractivity contribution < 1.29 is 14.3 Å². The third kappa shape index (κ3) is 7.85. The number of carbonyl (C=O) groups excluding carboxylic acids is 2. The Balaban J connectivity index is 2.33. The highest BCUT2D eigenvalue weighted by atomic mass is 16.5. The Morgan fingerprint density at radius 3 is 2.82 bits per heavy atom. The smallest absolute Gasteiger partial charge is 0.311 e. The predicted molar refractivity (Wildman–Crippen MR) is 85.8 cm³/mol. The van der Waals surface area contributed by atoms with Crippen molar-refractivity contribution in [1.29, 1.82) is 0 Å². The first kappa shape index (κ1) is 17.4. The van der Waals surface area contributed by atoms with Gasteiger partial charge in [0, 0.05) is 19.4 Å². The van der Waals surface area contributed by atoms with Crippen molar-refractivity contribution in [1.82, 2.24) is 5.32 Å². The van der Waals surface area contributed by atoms with Gasteiger partial charge in [-0.3, -0.25) is 9.59 Å². The molecule has 0 bridgehead atoms. The number of rotatable bonds is 9. The van der Waals surface area contributed by atoms with Crippen molar-refractivity contribution in [3.63, 3.8) is 0 Å². The topological polar surface area (TPSA) is 59.8 Å². The predicted octanol–water partition coefficient (Wildman–Crippen LogP) is 2.17. The summed E-state index contributed by atoms with van der Waals surface area (Å²) in [6.07, 6.45) is 4.02. The molecule has 5 nitrogen and oxygen atoms in total. The minimum absolute atomic E-state index is 0.221. The van der Waals surface area contributed by atoms with Crippen molar-refractivity contribution in [3.05, 3.63) is 52.9 Å². The van der Waals surface area contributed by atoms with Gasteiger partial charge in [0.1, 0.15) is 12.2 Å². The quantitative estimate of drug-likeness (QED) is 0.329. The standard InChI is InChI=1S/C17H20N2O3/c1-2-12-22-17(21)9-8-15-4-6-16(7-5-15)13-18-10-3-11-19-14-20/h2,4-7,14H,1,3,8-12H2/p+1. The van der Waals surface area contributed by atoms with E-state index in [1.165, 1.54) is 0 Å². The van der Waals surface area contributed by atoms with Crippen LogP contribution in [0.25, 0.3) is 4.85 Å². The van der Waals surface area contributed by atoms with E-state index in [2.05, 4.69) is 22.8 Å². The van der Waals surface area contributed by atoms with Crippen LogP contribution in [-0.2, 0) is 20.7 Å². The number of amides is 1. The summed E-state index contributed by atoms with van der Waals surface area (Å²) in [5, 5.41) is 2.58.